The molecule has 0 atom stereocenters. The number of amides is 1. The number of ether oxygens (including phenoxy) is 1. The van der Waals surface area contributed by atoms with Crippen LogP contribution in [0.5, 0.6) is 5.75 Å². The molecule has 0 aliphatic heterocycles. The average Bonchev–Trinajstić information content (AvgIpc) is 2.72. The minimum atomic E-state index is -4.09. The number of methoxy groups -OCH3 is 1. The summed E-state index contributed by atoms with van der Waals surface area (Å²) in [4.78, 5) is 12.8. The lowest BCUT2D eigenvalue weighted by molar-refractivity contribution is -0.114. The first-order chi connectivity index (χ1) is 14.7. The molecule has 0 heterocycles. The second-order valence-corrected chi connectivity index (χ2v) is 9.81. The number of hydrogen-bond acceptors (Lipinski definition) is 4. The van der Waals surface area contributed by atoms with Crippen LogP contribution in [0, 0.1) is 13.8 Å². The molecule has 3 aromatic rings. The predicted octanol–water partition coefficient (Wildman–Crippen LogP) is 4.91. The van der Waals surface area contributed by atoms with Crippen molar-refractivity contribution in [1.82, 2.24) is 0 Å². The van der Waals surface area contributed by atoms with Crippen molar-refractivity contribution in [3.8, 4) is 5.75 Å². The Morgan fingerprint density at radius 3 is 2.32 bits per heavy atom. The average molecular weight is 503 g/mol. The van der Waals surface area contributed by atoms with E-state index in [4.69, 9.17) is 4.74 Å². The summed E-state index contributed by atoms with van der Waals surface area (Å²) in [6.45, 7) is 3.32. The van der Waals surface area contributed by atoms with E-state index in [1.165, 1.54) is 7.11 Å². The van der Waals surface area contributed by atoms with Crippen molar-refractivity contribution in [2.24, 2.45) is 0 Å². The van der Waals surface area contributed by atoms with Gasteiger partial charge in [-0.1, -0.05) is 45.8 Å². The van der Waals surface area contributed by atoms with Gasteiger partial charge in [0.25, 0.3) is 10.0 Å². The fourth-order valence-electron chi connectivity index (χ4n) is 3.03. The Hall–Kier alpha value is -2.84. The van der Waals surface area contributed by atoms with Gasteiger partial charge in [-0.3, -0.25) is 9.10 Å². The first-order valence-electron chi connectivity index (χ1n) is 9.50. The van der Waals surface area contributed by atoms with E-state index in [9.17, 15) is 13.2 Å². The molecule has 8 heteroatoms. The molecule has 31 heavy (non-hydrogen) atoms. The molecule has 0 aliphatic rings. The zero-order valence-electron chi connectivity index (χ0n) is 17.4. The highest BCUT2D eigenvalue weighted by Crippen LogP contribution is 2.31. The SMILES string of the molecule is COc1ccc(C)cc1S(=O)(=O)N(CC(=O)Nc1cccc(Br)c1)c1ccc(C)cc1. The summed E-state index contributed by atoms with van der Waals surface area (Å²) >= 11 is 3.36. The molecule has 0 spiro atoms. The van der Waals surface area contributed by atoms with Crippen molar-refractivity contribution in [1.29, 1.82) is 0 Å². The summed E-state index contributed by atoms with van der Waals surface area (Å²) < 4.78 is 34.5. The minimum absolute atomic E-state index is 0.00540. The number of nitrogens with one attached hydrogen (secondary N) is 1. The van der Waals surface area contributed by atoms with Crippen LogP contribution in [-0.2, 0) is 14.8 Å². The molecule has 0 saturated carbocycles. The van der Waals surface area contributed by atoms with E-state index in [0.717, 1.165) is 19.9 Å². The number of hydrogen-bond donors (Lipinski definition) is 1. The third-order valence-electron chi connectivity index (χ3n) is 4.60. The second-order valence-electron chi connectivity index (χ2n) is 7.06. The van der Waals surface area contributed by atoms with E-state index in [2.05, 4.69) is 21.2 Å². The molecule has 0 radical (unpaired) electrons. The van der Waals surface area contributed by atoms with Gasteiger partial charge in [-0.25, -0.2) is 8.42 Å². The first kappa shape index (κ1) is 22.8. The lowest BCUT2D eigenvalue weighted by Gasteiger charge is -2.25. The molecule has 0 aliphatic carbocycles. The smallest absolute Gasteiger partial charge is 0.268 e. The van der Waals surface area contributed by atoms with Crippen molar-refractivity contribution < 1.29 is 17.9 Å². The van der Waals surface area contributed by atoms with Gasteiger partial charge >= 0.3 is 0 Å². The van der Waals surface area contributed by atoms with Crippen LogP contribution in [0.2, 0.25) is 0 Å². The Labute approximate surface area is 191 Å². The number of carbonyl (C=O) groups excluding carboxylic acids is 1. The zero-order valence-corrected chi connectivity index (χ0v) is 19.8. The molecule has 1 amide bonds. The van der Waals surface area contributed by atoms with Gasteiger partial charge in [0.15, 0.2) is 0 Å². The summed E-state index contributed by atoms with van der Waals surface area (Å²) in [5.41, 5.74) is 2.70. The molecule has 0 saturated heterocycles. The Balaban J connectivity index is 2.01. The van der Waals surface area contributed by atoms with E-state index in [1.54, 1.807) is 67.6 Å². The zero-order chi connectivity index (χ0) is 22.6. The largest absolute Gasteiger partial charge is 0.495 e. The Bertz CT molecular complexity index is 1190. The normalized spacial score (nSPS) is 11.1. The van der Waals surface area contributed by atoms with Crippen molar-refractivity contribution >= 4 is 43.2 Å². The number of carbonyl (C=O) groups is 1. The molecule has 0 unspecified atom stereocenters. The molecule has 3 aromatic carbocycles. The molecule has 162 valence electrons. The number of anilines is 2. The van der Waals surface area contributed by atoms with Crippen molar-refractivity contribution in [3.05, 3.63) is 82.3 Å². The number of sulfonamides is 1. The standard InChI is InChI=1S/C23H23BrN2O4S/c1-16-7-10-20(11-8-16)26(15-23(27)25-19-6-4-5-18(24)14-19)31(28,29)22-13-17(2)9-12-21(22)30-3/h4-14H,15H2,1-3H3,(H,25,27). The molecular formula is C23H23BrN2O4S. The summed E-state index contributed by atoms with van der Waals surface area (Å²) in [5.74, 6) is -0.246. The third kappa shape index (κ3) is 5.45. The van der Waals surface area contributed by atoms with Gasteiger partial charge in [-0.05, 0) is 61.9 Å². The number of rotatable bonds is 7. The van der Waals surface area contributed by atoms with Crippen molar-refractivity contribution in [3.63, 3.8) is 0 Å². The topological polar surface area (TPSA) is 75.7 Å². The third-order valence-corrected chi connectivity index (χ3v) is 6.89. The van der Waals surface area contributed by atoms with Crippen LogP contribution in [0.3, 0.4) is 0 Å². The maximum absolute atomic E-state index is 13.7. The Morgan fingerprint density at radius 2 is 1.68 bits per heavy atom. The highest BCUT2D eigenvalue weighted by atomic mass is 79.9. The second kappa shape index (κ2) is 9.53. The van der Waals surface area contributed by atoms with Crippen molar-refractivity contribution in [2.75, 3.05) is 23.3 Å². The van der Waals surface area contributed by atoms with Gasteiger partial charge in [-0.2, -0.15) is 0 Å². The van der Waals surface area contributed by atoms with Gasteiger partial charge < -0.3 is 10.1 Å². The van der Waals surface area contributed by atoms with Gasteiger partial charge in [0.2, 0.25) is 5.91 Å². The van der Waals surface area contributed by atoms with Crippen LogP contribution < -0.4 is 14.4 Å². The van der Waals surface area contributed by atoms with Crippen LogP contribution in [0.25, 0.3) is 0 Å². The lowest BCUT2D eigenvalue weighted by atomic mass is 10.2. The van der Waals surface area contributed by atoms with Crippen LogP contribution in [-0.4, -0.2) is 28.0 Å². The fourth-order valence-corrected chi connectivity index (χ4v) is 5.09. The molecule has 6 nitrogen and oxygen atoms in total. The number of nitrogens with zero attached hydrogens (tertiary/aromatic N) is 1. The van der Waals surface area contributed by atoms with Crippen LogP contribution in [0.4, 0.5) is 11.4 Å². The number of aryl methyl sites for hydroxylation is 2. The quantitative estimate of drug-likeness (QED) is 0.497. The van der Waals surface area contributed by atoms with E-state index >= 15 is 0 Å². The Kier molecular flexibility index (Phi) is 7.02. The highest BCUT2D eigenvalue weighted by Gasteiger charge is 2.30. The maximum Gasteiger partial charge on any atom is 0.268 e. The van der Waals surface area contributed by atoms with Crippen LogP contribution >= 0.6 is 15.9 Å². The van der Waals surface area contributed by atoms with Crippen LogP contribution in [0.15, 0.2) is 76.1 Å². The minimum Gasteiger partial charge on any atom is -0.495 e. The summed E-state index contributed by atoms with van der Waals surface area (Å²) in [6.07, 6.45) is 0. The van der Waals surface area contributed by atoms with Crippen LogP contribution in [0.1, 0.15) is 11.1 Å². The van der Waals surface area contributed by atoms with Gasteiger partial charge in [0.1, 0.15) is 17.2 Å². The maximum atomic E-state index is 13.7. The summed E-state index contributed by atoms with van der Waals surface area (Å²) in [5, 5.41) is 2.75. The number of halogens is 1. The fraction of sp³-hybridized carbons (Fsp3) is 0.174. The summed E-state index contributed by atoms with van der Waals surface area (Å²) in [6, 6.07) is 19.0. The highest BCUT2D eigenvalue weighted by molar-refractivity contribution is 9.10. The molecular weight excluding hydrogens is 480 g/mol. The van der Waals surface area contributed by atoms with Gasteiger partial charge in [-0.15, -0.1) is 0 Å². The van der Waals surface area contributed by atoms with Gasteiger partial charge in [0, 0.05) is 10.2 Å². The van der Waals surface area contributed by atoms with E-state index < -0.39 is 22.5 Å². The molecule has 3 rings (SSSR count). The Morgan fingerprint density at radius 1 is 1.00 bits per heavy atom. The van der Waals surface area contributed by atoms with Crippen molar-refractivity contribution in [2.45, 2.75) is 18.7 Å². The van der Waals surface area contributed by atoms with Gasteiger partial charge in [0.05, 0.1) is 12.8 Å². The molecule has 0 bridgehead atoms. The molecule has 0 fully saturated rings. The number of benzene rings is 3. The lowest BCUT2D eigenvalue weighted by Crippen LogP contribution is -2.38. The van der Waals surface area contributed by atoms with E-state index in [0.29, 0.717) is 11.4 Å². The first-order valence-corrected chi connectivity index (χ1v) is 11.7. The molecule has 1 N–H and O–H groups in total. The van der Waals surface area contributed by atoms with E-state index in [1.807, 2.05) is 13.0 Å². The predicted molar refractivity (Wildman–Crippen MR) is 126 cm³/mol. The van der Waals surface area contributed by atoms with E-state index in [-0.39, 0.29) is 10.6 Å². The monoisotopic (exact) mass is 502 g/mol. The summed E-state index contributed by atoms with van der Waals surface area (Å²) in [7, 11) is -2.67. The molecule has 0 aromatic heterocycles.